The quantitative estimate of drug-likeness (QED) is 0.452. The van der Waals surface area contributed by atoms with Crippen LogP contribution in [-0.2, 0) is 4.43 Å². The summed E-state index contributed by atoms with van der Waals surface area (Å²) in [6.07, 6.45) is 3.88. The lowest BCUT2D eigenvalue weighted by atomic mass is 10.5. The lowest BCUT2D eigenvalue weighted by molar-refractivity contribution is 0.220. The predicted octanol–water partition coefficient (Wildman–Crippen LogP) is 0.480. The Labute approximate surface area is 56.0 Å². The van der Waals surface area contributed by atoms with Gasteiger partial charge in [-0.25, -0.2) is 0 Å². The molecule has 9 heavy (non-hydrogen) atoms. The zero-order valence-corrected chi connectivity index (χ0v) is 6.66. The van der Waals surface area contributed by atoms with Crippen LogP contribution < -0.4 is 0 Å². The molecule has 2 N–H and O–H groups in total. The molecule has 0 aromatic heterocycles. The highest BCUT2D eigenvalue weighted by Crippen LogP contribution is 1.94. The van der Waals surface area contributed by atoms with E-state index in [1.165, 1.54) is 12.8 Å². The molecule has 0 fully saturated rings. The molecule has 54 valence electrons. The highest BCUT2D eigenvalue weighted by molar-refractivity contribution is 6.56. The molecule has 0 radical (unpaired) electrons. The van der Waals surface area contributed by atoms with E-state index < -0.39 is 8.80 Å². The van der Waals surface area contributed by atoms with Gasteiger partial charge in [-0.3, -0.25) is 0 Å². The second-order valence-corrected chi connectivity index (χ2v) is 3.94. The van der Waals surface area contributed by atoms with Gasteiger partial charge in [0.05, 0.1) is 6.26 Å². The van der Waals surface area contributed by atoms with Crippen LogP contribution in [0.25, 0.3) is 0 Å². The number of allylic oxidation sites excluding steroid dienone is 1. The van der Waals surface area contributed by atoms with Gasteiger partial charge >= 0.3 is 8.80 Å². The third-order valence-electron chi connectivity index (χ3n) is 0.623. The first kappa shape index (κ1) is 8.68. The van der Waals surface area contributed by atoms with Crippen molar-refractivity contribution in [2.24, 2.45) is 0 Å². The van der Waals surface area contributed by atoms with Crippen LogP contribution in [0.3, 0.4) is 0 Å². The van der Waals surface area contributed by atoms with Crippen molar-refractivity contribution in [1.29, 1.82) is 0 Å². The molecular weight excluding hydrogens is 136 g/mol. The third kappa shape index (κ3) is 7.68. The smallest absolute Gasteiger partial charge is 0.508 e. The zero-order valence-electron chi connectivity index (χ0n) is 5.66. The van der Waals surface area contributed by atoms with E-state index in [4.69, 9.17) is 9.59 Å². The van der Waals surface area contributed by atoms with Crippen molar-refractivity contribution < 1.29 is 14.0 Å². The van der Waals surface area contributed by atoms with Crippen molar-refractivity contribution in [3.63, 3.8) is 0 Å². The summed E-state index contributed by atoms with van der Waals surface area (Å²) in [6.45, 7) is 3.22. The molecule has 0 spiro atoms. The molecule has 0 aromatic rings. The van der Waals surface area contributed by atoms with Crippen molar-refractivity contribution >= 4 is 8.80 Å². The number of rotatable bonds is 3. The van der Waals surface area contributed by atoms with Crippen LogP contribution in [0.2, 0.25) is 6.55 Å². The van der Waals surface area contributed by atoms with E-state index >= 15 is 0 Å². The van der Waals surface area contributed by atoms with Crippen LogP contribution in [0.5, 0.6) is 0 Å². The first-order valence-corrected chi connectivity index (χ1v) is 5.14. The molecule has 0 amide bonds. The van der Waals surface area contributed by atoms with Crippen molar-refractivity contribution in [1.82, 2.24) is 0 Å². The summed E-state index contributed by atoms with van der Waals surface area (Å²) < 4.78 is 4.54. The van der Waals surface area contributed by atoms with Crippen LogP contribution in [0.15, 0.2) is 12.3 Å². The highest BCUT2D eigenvalue weighted by Gasteiger charge is 2.23. The summed E-state index contributed by atoms with van der Waals surface area (Å²) in [5.41, 5.74) is 0. The molecule has 0 rings (SSSR count). The molecule has 0 aliphatic rings. The third-order valence-corrected chi connectivity index (χ3v) is 1.21. The number of hydrogen-bond acceptors (Lipinski definition) is 3. The molecular formula is C5H12O3Si. The largest absolute Gasteiger partial charge is 0.556 e. The molecule has 0 aliphatic heterocycles. The maximum absolute atomic E-state index is 8.67. The Morgan fingerprint density at radius 1 is 1.56 bits per heavy atom. The van der Waals surface area contributed by atoms with Crippen molar-refractivity contribution in [2.75, 3.05) is 0 Å². The Hall–Kier alpha value is -0.323. The molecule has 0 aromatic carbocycles. The monoisotopic (exact) mass is 148 g/mol. The summed E-state index contributed by atoms with van der Waals surface area (Å²) in [5.74, 6) is 0. The van der Waals surface area contributed by atoms with Crippen LogP contribution in [0.4, 0.5) is 0 Å². The summed E-state index contributed by atoms with van der Waals surface area (Å²) >= 11 is 0. The van der Waals surface area contributed by atoms with Gasteiger partial charge < -0.3 is 14.0 Å². The van der Waals surface area contributed by atoms with E-state index in [0.29, 0.717) is 0 Å². The van der Waals surface area contributed by atoms with Crippen LogP contribution >= 0.6 is 0 Å². The molecule has 0 atom stereocenters. The summed E-state index contributed by atoms with van der Waals surface area (Å²) in [4.78, 5) is 17.3. The van der Waals surface area contributed by atoms with Gasteiger partial charge in [0.2, 0.25) is 0 Å². The first-order chi connectivity index (χ1) is 4.06. The minimum atomic E-state index is -3.28. The molecule has 0 saturated carbocycles. The van der Waals surface area contributed by atoms with Gasteiger partial charge in [-0.1, -0.05) is 13.0 Å². The van der Waals surface area contributed by atoms with E-state index in [1.807, 2.05) is 6.92 Å². The Morgan fingerprint density at radius 3 is 2.44 bits per heavy atom. The Kier molecular flexibility index (Phi) is 3.52. The van der Waals surface area contributed by atoms with Gasteiger partial charge in [0, 0.05) is 6.55 Å². The first-order valence-electron chi connectivity index (χ1n) is 2.84. The van der Waals surface area contributed by atoms with Gasteiger partial charge in [-0.15, -0.1) is 0 Å². The summed E-state index contributed by atoms with van der Waals surface area (Å²) in [7, 11) is -3.28. The normalized spacial score (nSPS) is 12.4. The van der Waals surface area contributed by atoms with E-state index in [-0.39, 0.29) is 0 Å². The highest BCUT2D eigenvalue weighted by atomic mass is 28.4. The fourth-order valence-electron chi connectivity index (χ4n) is 0.273. The van der Waals surface area contributed by atoms with Gasteiger partial charge in [-0.05, 0) is 6.42 Å². The molecule has 0 heterocycles. The predicted molar refractivity (Wildman–Crippen MR) is 36.6 cm³/mol. The molecule has 0 saturated heterocycles. The summed E-state index contributed by atoms with van der Waals surface area (Å²) in [5, 5.41) is 0. The maximum atomic E-state index is 8.67. The molecule has 4 heteroatoms. The van der Waals surface area contributed by atoms with Crippen molar-refractivity contribution in [2.45, 2.75) is 19.9 Å². The average molecular weight is 148 g/mol. The van der Waals surface area contributed by atoms with Gasteiger partial charge in [-0.2, -0.15) is 0 Å². The molecule has 0 aliphatic carbocycles. The second kappa shape index (κ2) is 3.65. The van der Waals surface area contributed by atoms with E-state index in [1.54, 1.807) is 6.08 Å². The van der Waals surface area contributed by atoms with E-state index in [2.05, 4.69) is 4.43 Å². The zero-order chi connectivity index (χ0) is 7.33. The van der Waals surface area contributed by atoms with Gasteiger partial charge in [0.25, 0.3) is 0 Å². The van der Waals surface area contributed by atoms with Crippen molar-refractivity contribution in [3.05, 3.63) is 12.3 Å². The minimum absolute atomic E-state index is 0.838. The van der Waals surface area contributed by atoms with Crippen LogP contribution in [-0.4, -0.2) is 18.4 Å². The molecule has 0 bridgehead atoms. The van der Waals surface area contributed by atoms with Crippen LogP contribution in [0.1, 0.15) is 13.3 Å². The number of hydrogen-bond donors (Lipinski definition) is 2. The van der Waals surface area contributed by atoms with Crippen LogP contribution in [0, 0.1) is 0 Å². The lowest BCUT2D eigenvalue weighted by Crippen LogP contribution is -2.32. The fraction of sp³-hybridized carbons (Fsp3) is 0.600. The van der Waals surface area contributed by atoms with Gasteiger partial charge in [0.1, 0.15) is 0 Å². The maximum Gasteiger partial charge on any atom is 0.556 e. The lowest BCUT2D eigenvalue weighted by Gasteiger charge is -2.08. The second-order valence-electron chi connectivity index (χ2n) is 1.83. The Bertz CT molecular complexity index is 94.9. The Morgan fingerprint density at radius 2 is 2.11 bits per heavy atom. The SMILES string of the molecule is CCC=CO[Si](C)(O)O. The molecule has 0 unspecified atom stereocenters. The van der Waals surface area contributed by atoms with Gasteiger partial charge in [0.15, 0.2) is 0 Å². The topological polar surface area (TPSA) is 49.7 Å². The Balaban J connectivity index is 3.38. The van der Waals surface area contributed by atoms with E-state index in [9.17, 15) is 0 Å². The van der Waals surface area contributed by atoms with Crippen molar-refractivity contribution in [3.8, 4) is 0 Å². The minimum Gasteiger partial charge on any atom is -0.508 e. The summed E-state index contributed by atoms with van der Waals surface area (Å²) in [6, 6.07) is 0. The fourth-order valence-corrected chi connectivity index (χ4v) is 0.627. The molecule has 3 nitrogen and oxygen atoms in total. The standard InChI is InChI=1S/C5H12O3Si/c1-3-4-5-8-9(2,6)7/h4-7H,3H2,1-2H3. The average Bonchev–Trinajstić information content (AvgIpc) is 1.63. The van der Waals surface area contributed by atoms with E-state index in [0.717, 1.165) is 6.42 Å².